The predicted molar refractivity (Wildman–Crippen MR) is 76.9 cm³/mol. The van der Waals surface area contributed by atoms with Gasteiger partial charge in [-0.2, -0.15) is 0 Å². The Morgan fingerprint density at radius 3 is 2.65 bits per heavy atom. The lowest BCUT2D eigenvalue weighted by Gasteiger charge is -2.21. The molecule has 102 valence electrons. The molecule has 0 aromatic heterocycles. The maximum atomic E-state index is 12.1. The van der Waals surface area contributed by atoms with Crippen LogP contribution in [0.3, 0.4) is 0 Å². The van der Waals surface area contributed by atoms with Crippen LogP contribution in [0, 0.1) is 0 Å². The van der Waals surface area contributed by atoms with E-state index in [0.29, 0.717) is 11.3 Å². The van der Waals surface area contributed by atoms with Crippen LogP contribution in [0.5, 0.6) is 0 Å². The average molecular weight is 259 g/mol. The maximum absolute atomic E-state index is 12.1. The van der Waals surface area contributed by atoms with Gasteiger partial charge in [-0.1, -0.05) is 26.2 Å². The van der Waals surface area contributed by atoms with Crippen molar-refractivity contribution in [2.75, 3.05) is 12.3 Å². The zero-order valence-electron chi connectivity index (χ0n) is 11.5. The second kappa shape index (κ2) is 9.09. The second-order valence-corrected chi connectivity index (χ2v) is 7.18. The molecule has 0 aromatic rings. The van der Waals surface area contributed by atoms with Gasteiger partial charge in [0, 0.05) is 27.8 Å². The molecule has 1 saturated carbocycles. The molecule has 1 rings (SSSR count). The maximum Gasteiger partial charge on any atom is 0.0348 e. The van der Waals surface area contributed by atoms with Crippen molar-refractivity contribution in [2.45, 2.75) is 76.5 Å². The summed E-state index contributed by atoms with van der Waals surface area (Å²) in [5.41, 5.74) is 0. The number of nitrogens with one attached hydrogen (secondary N) is 1. The van der Waals surface area contributed by atoms with Crippen molar-refractivity contribution in [3.63, 3.8) is 0 Å². The van der Waals surface area contributed by atoms with E-state index in [1.165, 1.54) is 44.9 Å². The largest absolute Gasteiger partial charge is 0.314 e. The molecule has 0 amide bonds. The summed E-state index contributed by atoms with van der Waals surface area (Å²) >= 11 is 0. The molecule has 0 heterocycles. The molecule has 0 aromatic carbocycles. The van der Waals surface area contributed by atoms with Gasteiger partial charge in [0.25, 0.3) is 0 Å². The highest BCUT2D eigenvalue weighted by molar-refractivity contribution is 7.85. The third kappa shape index (κ3) is 6.56. The Bertz CT molecular complexity index is 214. The third-order valence-corrected chi connectivity index (χ3v) is 5.56. The summed E-state index contributed by atoms with van der Waals surface area (Å²) in [5.74, 6) is 0.919. The van der Waals surface area contributed by atoms with E-state index in [1.807, 2.05) is 0 Å². The smallest absolute Gasteiger partial charge is 0.0348 e. The first kappa shape index (κ1) is 15.2. The first-order valence-corrected chi connectivity index (χ1v) is 8.72. The Kier molecular flexibility index (Phi) is 8.12. The molecular weight excluding hydrogens is 230 g/mol. The van der Waals surface area contributed by atoms with Gasteiger partial charge in [0.2, 0.25) is 0 Å². The summed E-state index contributed by atoms with van der Waals surface area (Å²) < 4.78 is 12.1. The molecule has 1 aliphatic rings. The number of hydrogen-bond donors (Lipinski definition) is 1. The highest BCUT2D eigenvalue weighted by Gasteiger charge is 2.19. The lowest BCUT2D eigenvalue weighted by atomic mass is 10.0. The SMILES string of the molecule is CCCNC(C)CCCS(=O)C1CCCCC1. The van der Waals surface area contributed by atoms with Gasteiger partial charge >= 0.3 is 0 Å². The highest BCUT2D eigenvalue weighted by Crippen LogP contribution is 2.22. The zero-order chi connectivity index (χ0) is 12.5. The van der Waals surface area contributed by atoms with Gasteiger partial charge < -0.3 is 5.32 Å². The molecular formula is C14H29NOS. The normalized spacial score (nSPS) is 21.3. The first-order chi connectivity index (χ1) is 8.24. The molecule has 1 N–H and O–H groups in total. The van der Waals surface area contributed by atoms with Crippen molar-refractivity contribution in [1.82, 2.24) is 5.32 Å². The Morgan fingerprint density at radius 1 is 1.29 bits per heavy atom. The molecule has 2 atom stereocenters. The van der Waals surface area contributed by atoms with E-state index < -0.39 is 10.8 Å². The molecule has 3 heteroatoms. The van der Waals surface area contributed by atoms with Gasteiger partial charge in [0.05, 0.1) is 0 Å². The minimum Gasteiger partial charge on any atom is -0.314 e. The molecule has 1 fully saturated rings. The van der Waals surface area contributed by atoms with Crippen LogP contribution in [0.15, 0.2) is 0 Å². The monoisotopic (exact) mass is 259 g/mol. The second-order valence-electron chi connectivity index (χ2n) is 5.34. The van der Waals surface area contributed by atoms with Crippen molar-refractivity contribution in [2.24, 2.45) is 0 Å². The average Bonchev–Trinajstić information content (AvgIpc) is 2.37. The van der Waals surface area contributed by atoms with Crippen LogP contribution in [-0.2, 0) is 10.8 Å². The third-order valence-electron chi connectivity index (χ3n) is 3.65. The van der Waals surface area contributed by atoms with Gasteiger partial charge in [0.15, 0.2) is 0 Å². The van der Waals surface area contributed by atoms with Crippen LogP contribution in [-0.4, -0.2) is 27.8 Å². The van der Waals surface area contributed by atoms with Crippen molar-refractivity contribution in [3.8, 4) is 0 Å². The minimum atomic E-state index is -0.556. The lowest BCUT2D eigenvalue weighted by Crippen LogP contribution is -2.27. The Morgan fingerprint density at radius 2 is 2.00 bits per heavy atom. The van der Waals surface area contributed by atoms with E-state index in [-0.39, 0.29) is 0 Å². The quantitative estimate of drug-likeness (QED) is 0.725. The molecule has 0 spiro atoms. The lowest BCUT2D eigenvalue weighted by molar-refractivity contribution is 0.497. The zero-order valence-corrected chi connectivity index (χ0v) is 12.4. The molecule has 1 aliphatic carbocycles. The van der Waals surface area contributed by atoms with Crippen molar-refractivity contribution in [1.29, 1.82) is 0 Å². The summed E-state index contributed by atoms with van der Waals surface area (Å²) in [7, 11) is -0.556. The van der Waals surface area contributed by atoms with E-state index >= 15 is 0 Å². The highest BCUT2D eigenvalue weighted by atomic mass is 32.2. The molecule has 2 nitrogen and oxygen atoms in total. The van der Waals surface area contributed by atoms with Crippen LogP contribution in [0.4, 0.5) is 0 Å². The van der Waals surface area contributed by atoms with E-state index in [0.717, 1.165) is 18.7 Å². The fourth-order valence-corrected chi connectivity index (χ4v) is 4.16. The van der Waals surface area contributed by atoms with E-state index in [9.17, 15) is 4.21 Å². The van der Waals surface area contributed by atoms with E-state index in [1.54, 1.807) is 0 Å². The summed E-state index contributed by atoms with van der Waals surface area (Å²) in [6.45, 7) is 5.53. The van der Waals surface area contributed by atoms with E-state index in [2.05, 4.69) is 19.2 Å². The van der Waals surface area contributed by atoms with Gasteiger partial charge in [-0.05, 0) is 45.6 Å². The molecule has 0 saturated heterocycles. The van der Waals surface area contributed by atoms with Gasteiger partial charge in [-0.3, -0.25) is 4.21 Å². The standard InChI is InChI=1S/C14H29NOS/c1-3-11-15-13(2)8-7-12-17(16)14-9-5-4-6-10-14/h13-15H,3-12H2,1-2H3. The molecule has 2 unspecified atom stereocenters. The van der Waals surface area contributed by atoms with Crippen molar-refractivity contribution in [3.05, 3.63) is 0 Å². The molecule has 0 radical (unpaired) electrons. The minimum absolute atomic E-state index is 0.516. The molecule has 0 aliphatic heterocycles. The summed E-state index contributed by atoms with van der Waals surface area (Å²) in [6.07, 6.45) is 9.83. The fraction of sp³-hybridized carbons (Fsp3) is 1.00. The Labute approximate surface area is 109 Å². The predicted octanol–water partition coefficient (Wildman–Crippen LogP) is 3.24. The number of rotatable bonds is 8. The van der Waals surface area contributed by atoms with Crippen LogP contribution < -0.4 is 5.32 Å². The molecule has 0 bridgehead atoms. The fourth-order valence-electron chi connectivity index (χ4n) is 2.52. The van der Waals surface area contributed by atoms with Crippen LogP contribution in [0.2, 0.25) is 0 Å². The van der Waals surface area contributed by atoms with Crippen LogP contribution in [0.1, 0.15) is 65.2 Å². The van der Waals surface area contributed by atoms with Gasteiger partial charge in [-0.25, -0.2) is 0 Å². The summed E-state index contributed by atoms with van der Waals surface area (Å²) in [4.78, 5) is 0. The van der Waals surface area contributed by atoms with Crippen LogP contribution in [0.25, 0.3) is 0 Å². The Balaban J connectivity index is 2.06. The number of hydrogen-bond acceptors (Lipinski definition) is 2. The van der Waals surface area contributed by atoms with Crippen molar-refractivity contribution >= 4 is 10.8 Å². The van der Waals surface area contributed by atoms with Gasteiger partial charge in [-0.15, -0.1) is 0 Å². The first-order valence-electron chi connectivity index (χ1n) is 7.34. The summed E-state index contributed by atoms with van der Waals surface area (Å²) in [5, 5.41) is 4.00. The summed E-state index contributed by atoms with van der Waals surface area (Å²) in [6, 6.07) is 0.582. The van der Waals surface area contributed by atoms with E-state index in [4.69, 9.17) is 0 Å². The van der Waals surface area contributed by atoms with Gasteiger partial charge in [0.1, 0.15) is 0 Å². The van der Waals surface area contributed by atoms with Crippen LogP contribution >= 0.6 is 0 Å². The topological polar surface area (TPSA) is 29.1 Å². The molecule has 17 heavy (non-hydrogen) atoms. The Hall–Kier alpha value is 0.110. The van der Waals surface area contributed by atoms with Crippen molar-refractivity contribution < 1.29 is 4.21 Å².